The van der Waals surface area contributed by atoms with E-state index in [0.29, 0.717) is 16.6 Å². The number of hydrogen-bond acceptors (Lipinski definition) is 8. The molecule has 1 aromatic heterocycles. The Kier molecular flexibility index (Phi) is 6.29. The fourth-order valence-electron chi connectivity index (χ4n) is 2.30. The van der Waals surface area contributed by atoms with Crippen LogP contribution in [0, 0.1) is 10.1 Å². The molecule has 150 valence electrons. The van der Waals surface area contributed by atoms with Gasteiger partial charge in [0.1, 0.15) is 5.75 Å². The normalized spacial score (nSPS) is 11.7. The molecule has 29 heavy (non-hydrogen) atoms. The molecule has 0 radical (unpaired) electrons. The van der Waals surface area contributed by atoms with Crippen LogP contribution in [0.25, 0.3) is 5.69 Å². The van der Waals surface area contributed by atoms with Gasteiger partial charge in [0.05, 0.1) is 33.7 Å². The van der Waals surface area contributed by atoms with E-state index in [1.54, 1.807) is 38.3 Å². The van der Waals surface area contributed by atoms with Gasteiger partial charge in [-0.05, 0) is 47.7 Å². The van der Waals surface area contributed by atoms with Crippen LogP contribution < -0.4 is 10.1 Å². The van der Waals surface area contributed by atoms with E-state index < -0.39 is 10.2 Å². The molecule has 0 fully saturated rings. The Bertz CT molecular complexity index is 1040. The zero-order chi connectivity index (χ0) is 21.0. The average Bonchev–Trinajstić information content (AvgIpc) is 3.17. The molecule has 0 aliphatic heterocycles. The van der Waals surface area contributed by atoms with Crippen LogP contribution in [0.15, 0.2) is 47.6 Å². The molecule has 12 heteroatoms. The van der Waals surface area contributed by atoms with Gasteiger partial charge in [-0.3, -0.25) is 14.9 Å². The smallest absolute Gasteiger partial charge is 0.271 e. The zero-order valence-electron chi connectivity index (χ0n) is 15.3. The lowest BCUT2D eigenvalue weighted by atomic mass is 10.2. The number of tetrazole rings is 1. The maximum Gasteiger partial charge on any atom is 0.271 e. The number of halogens is 1. The summed E-state index contributed by atoms with van der Waals surface area (Å²) in [5.74, 6) is 0.346. The van der Waals surface area contributed by atoms with Crippen LogP contribution in [-0.2, 0) is 4.79 Å². The number of hydrogen-bond donors (Lipinski definition) is 1. The first-order valence-corrected chi connectivity index (χ1v) is 9.49. The summed E-state index contributed by atoms with van der Waals surface area (Å²) in [6.07, 6.45) is 0. The first kappa shape index (κ1) is 20.6. The summed E-state index contributed by atoms with van der Waals surface area (Å²) in [6.45, 7) is 1.69. The van der Waals surface area contributed by atoms with Crippen molar-refractivity contribution in [1.82, 2.24) is 20.2 Å². The molecular weight excluding hydrogens is 420 g/mol. The number of aromatic nitrogens is 4. The summed E-state index contributed by atoms with van der Waals surface area (Å²) in [4.78, 5) is 22.7. The van der Waals surface area contributed by atoms with Gasteiger partial charge >= 0.3 is 0 Å². The van der Waals surface area contributed by atoms with E-state index >= 15 is 0 Å². The Balaban J connectivity index is 1.70. The SMILES string of the molecule is COc1ccc(-n2nnnc2S[C@H](C)C(=O)Nc2ccc([N+](=O)[O-])cc2Cl)cc1. The van der Waals surface area contributed by atoms with Crippen LogP contribution in [0.1, 0.15) is 6.92 Å². The number of carbonyl (C=O) groups excluding carboxylic acids is 1. The number of rotatable bonds is 7. The number of carbonyl (C=O) groups is 1. The van der Waals surface area contributed by atoms with E-state index in [1.165, 1.54) is 22.9 Å². The molecule has 0 saturated heterocycles. The van der Waals surface area contributed by atoms with Gasteiger partial charge in [0.2, 0.25) is 11.1 Å². The Morgan fingerprint density at radius 1 is 1.31 bits per heavy atom. The minimum Gasteiger partial charge on any atom is -0.497 e. The quantitative estimate of drug-likeness (QED) is 0.341. The molecule has 0 bridgehead atoms. The van der Waals surface area contributed by atoms with E-state index in [1.807, 2.05) is 0 Å². The topological polar surface area (TPSA) is 125 Å². The van der Waals surface area contributed by atoms with Crippen molar-refractivity contribution in [3.8, 4) is 11.4 Å². The van der Waals surface area contributed by atoms with Crippen molar-refractivity contribution in [3.05, 3.63) is 57.6 Å². The molecule has 0 aliphatic rings. The number of nitrogens with zero attached hydrogens (tertiary/aromatic N) is 5. The largest absolute Gasteiger partial charge is 0.497 e. The van der Waals surface area contributed by atoms with Crippen molar-refractivity contribution in [2.24, 2.45) is 0 Å². The highest BCUT2D eigenvalue weighted by Crippen LogP contribution is 2.29. The highest BCUT2D eigenvalue weighted by atomic mass is 35.5. The van der Waals surface area contributed by atoms with Crippen LogP contribution in [0.4, 0.5) is 11.4 Å². The Morgan fingerprint density at radius 2 is 2.03 bits per heavy atom. The molecule has 1 atom stereocenters. The Hall–Kier alpha value is -3.18. The highest BCUT2D eigenvalue weighted by Gasteiger charge is 2.21. The molecule has 3 aromatic rings. The van der Waals surface area contributed by atoms with Gasteiger partial charge in [-0.15, -0.1) is 5.10 Å². The van der Waals surface area contributed by atoms with Gasteiger partial charge in [0.25, 0.3) is 5.69 Å². The first-order valence-electron chi connectivity index (χ1n) is 8.23. The monoisotopic (exact) mass is 434 g/mol. The maximum absolute atomic E-state index is 12.5. The third-order valence-corrected chi connectivity index (χ3v) is 5.18. The average molecular weight is 435 g/mol. The Morgan fingerprint density at radius 3 is 2.66 bits per heavy atom. The highest BCUT2D eigenvalue weighted by molar-refractivity contribution is 8.00. The molecular formula is C17H15ClN6O4S. The number of anilines is 1. The number of nitrogens with one attached hydrogen (secondary N) is 1. The first-order chi connectivity index (χ1) is 13.9. The van der Waals surface area contributed by atoms with Crippen molar-refractivity contribution in [2.45, 2.75) is 17.3 Å². The predicted molar refractivity (Wildman–Crippen MR) is 108 cm³/mol. The van der Waals surface area contributed by atoms with Gasteiger partial charge < -0.3 is 10.1 Å². The molecule has 1 amide bonds. The summed E-state index contributed by atoms with van der Waals surface area (Å²) in [5.41, 5.74) is 0.836. The lowest BCUT2D eigenvalue weighted by Gasteiger charge is -2.12. The van der Waals surface area contributed by atoms with Crippen molar-refractivity contribution in [3.63, 3.8) is 0 Å². The van der Waals surface area contributed by atoms with Crippen LogP contribution in [-0.4, -0.2) is 43.4 Å². The summed E-state index contributed by atoms with van der Waals surface area (Å²) in [6, 6.07) is 11.0. The molecule has 0 unspecified atom stereocenters. The van der Waals surface area contributed by atoms with E-state index in [9.17, 15) is 14.9 Å². The van der Waals surface area contributed by atoms with Crippen LogP contribution in [0.2, 0.25) is 5.02 Å². The second-order valence-electron chi connectivity index (χ2n) is 5.74. The second-order valence-corrected chi connectivity index (χ2v) is 7.46. The van der Waals surface area contributed by atoms with E-state index in [4.69, 9.17) is 16.3 Å². The molecule has 2 aromatic carbocycles. The van der Waals surface area contributed by atoms with Crippen LogP contribution >= 0.6 is 23.4 Å². The van der Waals surface area contributed by atoms with Gasteiger partial charge in [-0.1, -0.05) is 23.4 Å². The van der Waals surface area contributed by atoms with E-state index in [2.05, 4.69) is 20.8 Å². The van der Waals surface area contributed by atoms with Crippen molar-refractivity contribution in [2.75, 3.05) is 12.4 Å². The standard InChI is InChI=1S/C17H15ClN6O4S/c1-10(16(25)19-15-8-5-12(24(26)27)9-14(15)18)29-17-20-21-22-23(17)11-3-6-13(28-2)7-4-11/h3-10H,1-2H3,(H,19,25)/t10-/m1/s1. The molecule has 0 aliphatic carbocycles. The second kappa shape index (κ2) is 8.88. The van der Waals surface area contributed by atoms with Gasteiger partial charge in [-0.25, -0.2) is 0 Å². The van der Waals surface area contributed by atoms with E-state index in [0.717, 1.165) is 11.8 Å². The minimum absolute atomic E-state index is 0.0767. The maximum atomic E-state index is 12.5. The van der Waals surface area contributed by atoms with Crippen LogP contribution in [0.5, 0.6) is 5.75 Å². The van der Waals surface area contributed by atoms with Gasteiger partial charge in [0, 0.05) is 12.1 Å². The summed E-state index contributed by atoms with van der Waals surface area (Å²) < 4.78 is 6.64. The molecule has 1 N–H and O–H groups in total. The van der Waals surface area contributed by atoms with Crippen LogP contribution in [0.3, 0.4) is 0 Å². The number of ether oxygens (including phenoxy) is 1. The van der Waals surface area contributed by atoms with Gasteiger partial charge in [0.15, 0.2) is 0 Å². The fraction of sp³-hybridized carbons (Fsp3) is 0.176. The number of thioether (sulfide) groups is 1. The fourth-order valence-corrected chi connectivity index (χ4v) is 3.33. The number of non-ortho nitro benzene ring substituents is 1. The zero-order valence-corrected chi connectivity index (χ0v) is 16.8. The third-order valence-electron chi connectivity index (χ3n) is 3.83. The van der Waals surface area contributed by atoms with Crippen molar-refractivity contribution < 1.29 is 14.5 Å². The third kappa shape index (κ3) is 4.81. The Labute approximate surface area is 174 Å². The molecule has 3 rings (SSSR count). The van der Waals surface area contributed by atoms with Gasteiger partial charge in [-0.2, -0.15) is 4.68 Å². The number of nitro groups is 1. The number of benzene rings is 2. The van der Waals surface area contributed by atoms with Crippen molar-refractivity contribution in [1.29, 1.82) is 0 Å². The molecule has 0 spiro atoms. The summed E-state index contributed by atoms with van der Waals surface area (Å²) in [7, 11) is 1.57. The van der Waals surface area contributed by atoms with Crippen molar-refractivity contribution >= 4 is 40.6 Å². The summed E-state index contributed by atoms with van der Waals surface area (Å²) >= 11 is 7.18. The lowest BCUT2D eigenvalue weighted by Crippen LogP contribution is -2.23. The van der Waals surface area contributed by atoms with E-state index in [-0.39, 0.29) is 22.3 Å². The molecule has 0 saturated carbocycles. The number of amides is 1. The number of methoxy groups -OCH3 is 1. The minimum atomic E-state index is -0.566. The molecule has 1 heterocycles. The predicted octanol–water partition coefficient (Wildman–Crippen LogP) is 3.35. The number of nitro benzene ring substituents is 1. The summed E-state index contributed by atoms with van der Waals surface area (Å²) in [5, 5.41) is 25.0. The molecule has 10 nitrogen and oxygen atoms in total. The lowest BCUT2D eigenvalue weighted by molar-refractivity contribution is -0.384.